The van der Waals surface area contributed by atoms with E-state index in [0.717, 1.165) is 10.6 Å². The topological polar surface area (TPSA) is 58.6 Å². The third-order valence-electron chi connectivity index (χ3n) is 4.28. The highest BCUT2D eigenvalue weighted by Crippen LogP contribution is 2.46. The van der Waals surface area contributed by atoms with Gasteiger partial charge in [0.1, 0.15) is 5.75 Å². The van der Waals surface area contributed by atoms with E-state index < -0.39 is 10.7 Å². The Morgan fingerprint density at radius 3 is 2.73 bits per heavy atom. The van der Waals surface area contributed by atoms with Crippen molar-refractivity contribution in [1.29, 1.82) is 0 Å². The molecule has 0 radical (unpaired) electrons. The number of benzene rings is 2. The molecule has 0 saturated carbocycles. The van der Waals surface area contributed by atoms with Crippen molar-refractivity contribution in [1.82, 2.24) is 0 Å². The molecule has 2 amide bonds. The van der Waals surface area contributed by atoms with Crippen LogP contribution >= 0.6 is 23.4 Å². The minimum atomic E-state index is -1.29. The van der Waals surface area contributed by atoms with Crippen molar-refractivity contribution >= 4 is 46.6 Å². The summed E-state index contributed by atoms with van der Waals surface area (Å²) in [4.78, 5) is 28.7. The first-order valence-electron chi connectivity index (χ1n) is 8.15. The van der Waals surface area contributed by atoms with Crippen LogP contribution in [0.5, 0.6) is 5.75 Å². The molecular formula is C19H19ClN2O3S. The zero-order valence-electron chi connectivity index (χ0n) is 14.7. The van der Waals surface area contributed by atoms with Crippen LogP contribution in [0.2, 0.25) is 5.02 Å². The van der Waals surface area contributed by atoms with E-state index in [0.29, 0.717) is 23.0 Å². The van der Waals surface area contributed by atoms with Crippen molar-refractivity contribution in [2.75, 3.05) is 23.9 Å². The first-order chi connectivity index (χ1) is 12.4. The lowest BCUT2D eigenvalue weighted by Gasteiger charge is -2.38. The van der Waals surface area contributed by atoms with Crippen molar-refractivity contribution in [2.45, 2.75) is 23.5 Å². The largest absolute Gasteiger partial charge is 0.495 e. The van der Waals surface area contributed by atoms with Gasteiger partial charge in [-0.05, 0) is 44.2 Å². The maximum Gasteiger partial charge on any atom is 0.252 e. The number of fused-ring (bicyclic) bond motifs is 1. The Bertz CT molecular complexity index is 874. The number of anilines is 2. The van der Waals surface area contributed by atoms with Gasteiger partial charge in [0, 0.05) is 16.5 Å². The second kappa shape index (κ2) is 7.21. The van der Waals surface area contributed by atoms with Crippen LogP contribution in [0.4, 0.5) is 11.4 Å². The van der Waals surface area contributed by atoms with Gasteiger partial charge in [0.15, 0.2) is 4.75 Å². The highest BCUT2D eigenvalue weighted by atomic mass is 35.5. The summed E-state index contributed by atoms with van der Waals surface area (Å²) in [5, 5.41) is 3.27. The lowest BCUT2D eigenvalue weighted by Crippen LogP contribution is -2.54. The van der Waals surface area contributed by atoms with E-state index in [4.69, 9.17) is 16.3 Å². The Morgan fingerprint density at radius 1 is 1.31 bits per heavy atom. The number of para-hydroxylation sites is 1. The first kappa shape index (κ1) is 18.6. The maximum absolute atomic E-state index is 13.1. The number of nitrogens with zero attached hydrogens (tertiary/aromatic N) is 1. The number of thioether (sulfide) groups is 1. The molecule has 5 nitrogen and oxygen atoms in total. The number of methoxy groups -OCH3 is 1. The van der Waals surface area contributed by atoms with E-state index in [9.17, 15) is 9.59 Å². The number of rotatable bonds is 4. The number of carbonyl (C=O) groups excluding carboxylic acids is 2. The van der Waals surface area contributed by atoms with E-state index in [1.807, 2.05) is 31.2 Å². The molecule has 26 heavy (non-hydrogen) atoms. The molecule has 1 N–H and O–H groups in total. The SMILES string of the molecule is CCN1C(=O)C(C)(C(=O)Nc2cc(Cl)ccc2OC)Sc2ccccc21. The number of amides is 2. The van der Waals surface area contributed by atoms with Crippen LogP contribution in [0, 0.1) is 0 Å². The molecular weight excluding hydrogens is 372 g/mol. The predicted molar refractivity (Wildman–Crippen MR) is 105 cm³/mol. The Balaban J connectivity index is 1.96. The van der Waals surface area contributed by atoms with Crippen LogP contribution < -0.4 is 15.0 Å². The number of ether oxygens (including phenoxy) is 1. The van der Waals surface area contributed by atoms with Crippen LogP contribution in [0.3, 0.4) is 0 Å². The fourth-order valence-electron chi connectivity index (χ4n) is 2.87. The molecule has 2 aromatic carbocycles. The standard InChI is InChI=1S/C19H19ClN2O3S/c1-4-22-14-7-5-6-8-16(14)26-19(2,18(22)24)17(23)21-13-11-12(20)9-10-15(13)25-3/h5-11H,4H2,1-3H3,(H,21,23). The summed E-state index contributed by atoms with van der Waals surface area (Å²) in [6.45, 7) is 4.02. The monoisotopic (exact) mass is 390 g/mol. The van der Waals surface area contributed by atoms with Gasteiger partial charge in [-0.15, -0.1) is 0 Å². The molecule has 0 bridgehead atoms. The molecule has 1 atom stereocenters. The summed E-state index contributed by atoms with van der Waals surface area (Å²) >= 11 is 7.29. The van der Waals surface area contributed by atoms with E-state index in [-0.39, 0.29) is 5.91 Å². The fraction of sp³-hybridized carbons (Fsp3) is 0.263. The van der Waals surface area contributed by atoms with Crippen LogP contribution in [-0.2, 0) is 9.59 Å². The zero-order chi connectivity index (χ0) is 18.9. The number of hydrogen-bond acceptors (Lipinski definition) is 4. The molecule has 1 aliphatic heterocycles. The maximum atomic E-state index is 13.1. The second-order valence-electron chi connectivity index (χ2n) is 5.95. The average Bonchev–Trinajstić information content (AvgIpc) is 2.63. The van der Waals surface area contributed by atoms with E-state index in [1.54, 1.807) is 30.0 Å². The highest BCUT2D eigenvalue weighted by Gasteiger charge is 2.49. The van der Waals surface area contributed by atoms with Gasteiger partial charge in [0.25, 0.3) is 5.91 Å². The lowest BCUT2D eigenvalue weighted by molar-refractivity contribution is -0.128. The van der Waals surface area contributed by atoms with Crippen LogP contribution in [0.1, 0.15) is 13.8 Å². The summed E-state index contributed by atoms with van der Waals surface area (Å²) in [7, 11) is 1.51. The number of nitrogens with one attached hydrogen (secondary N) is 1. The van der Waals surface area contributed by atoms with Crippen molar-refractivity contribution in [3.05, 3.63) is 47.5 Å². The Hall–Kier alpha value is -2.18. The van der Waals surface area contributed by atoms with Gasteiger partial charge in [-0.3, -0.25) is 9.59 Å². The minimum absolute atomic E-state index is 0.248. The highest BCUT2D eigenvalue weighted by molar-refractivity contribution is 8.02. The van der Waals surface area contributed by atoms with Crippen LogP contribution in [0.25, 0.3) is 0 Å². The van der Waals surface area contributed by atoms with Gasteiger partial charge >= 0.3 is 0 Å². The van der Waals surface area contributed by atoms with Gasteiger partial charge in [0.2, 0.25) is 5.91 Å². The molecule has 0 aliphatic carbocycles. The third kappa shape index (κ3) is 3.15. The van der Waals surface area contributed by atoms with Gasteiger partial charge in [0.05, 0.1) is 18.5 Å². The molecule has 0 saturated heterocycles. The van der Waals surface area contributed by atoms with E-state index in [2.05, 4.69) is 5.32 Å². The smallest absolute Gasteiger partial charge is 0.252 e. The normalized spacial score (nSPS) is 19.1. The number of hydrogen-bond donors (Lipinski definition) is 1. The molecule has 136 valence electrons. The molecule has 1 unspecified atom stereocenters. The Labute approximate surface area is 161 Å². The molecule has 2 aromatic rings. The van der Waals surface area contributed by atoms with Crippen molar-refractivity contribution < 1.29 is 14.3 Å². The summed E-state index contributed by atoms with van der Waals surface area (Å²) in [6.07, 6.45) is 0. The van der Waals surface area contributed by atoms with Crippen LogP contribution in [0.15, 0.2) is 47.4 Å². The Kier molecular flexibility index (Phi) is 5.16. The molecule has 0 spiro atoms. The quantitative estimate of drug-likeness (QED) is 0.794. The molecule has 7 heteroatoms. The summed E-state index contributed by atoms with van der Waals surface area (Å²) in [5.74, 6) is -0.185. The summed E-state index contributed by atoms with van der Waals surface area (Å²) < 4.78 is 3.98. The van der Waals surface area contributed by atoms with Crippen LogP contribution in [-0.4, -0.2) is 30.2 Å². The lowest BCUT2D eigenvalue weighted by atomic mass is 10.1. The molecule has 1 heterocycles. The Morgan fingerprint density at radius 2 is 2.04 bits per heavy atom. The van der Waals surface area contributed by atoms with Gasteiger partial charge in [-0.2, -0.15) is 0 Å². The molecule has 0 fully saturated rings. The third-order valence-corrected chi connectivity index (χ3v) is 5.85. The molecule has 0 aromatic heterocycles. The van der Waals surface area contributed by atoms with Crippen molar-refractivity contribution in [2.24, 2.45) is 0 Å². The average molecular weight is 391 g/mol. The van der Waals surface area contributed by atoms with Crippen molar-refractivity contribution in [3.8, 4) is 5.75 Å². The molecule has 1 aliphatic rings. The fourth-order valence-corrected chi connectivity index (χ4v) is 4.26. The number of carbonyl (C=O) groups is 2. The van der Waals surface area contributed by atoms with Gasteiger partial charge in [-0.1, -0.05) is 35.5 Å². The minimum Gasteiger partial charge on any atom is -0.495 e. The van der Waals surface area contributed by atoms with E-state index in [1.165, 1.54) is 18.9 Å². The second-order valence-corrected chi connectivity index (χ2v) is 7.85. The molecule has 3 rings (SSSR count). The first-order valence-corrected chi connectivity index (χ1v) is 9.35. The summed E-state index contributed by atoms with van der Waals surface area (Å²) in [6, 6.07) is 12.5. The van der Waals surface area contributed by atoms with Gasteiger partial charge < -0.3 is 15.0 Å². The number of halogens is 1. The zero-order valence-corrected chi connectivity index (χ0v) is 16.3. The van der Waals surface area contributed by atoms with Gasteiger partial charge in [-0.25, -0.2) is 0 Å². The van der Waals surface area contributed by atoms with Crippen molar-refractivity contribution in [3.63, 3.8) is 0 Å². The summed E-state index contributed by atoms with van der Waals surface area (Å²) in [5.41, 5.74) is 1.26. The van der Waals surface area contributed by atoms with E-state index >= 15 is 0 Å². The predicted octanol–water partition coefficient (Wildman–Crippen LogP) is 4.20.